The van der Waals surface area contributed by atoms with Crippen molar-refractivity contribution in [2.45, 2.75) is 18.6 Å². The van der Waals surface area contributed by atoms with Crippen LogP contribution in [0.2, 0.25) is 0 Å². The van der Waals surface area contributed by atoms with Gasteiger partial charge in [0.15, 0.2) is 11.5 Å². The number of rotatable bonds is 9. The van der Waals surface area contributed by atoms with Crippen LogP contribution in [0.5, 0.6) is 11.5 Å². The molecule has 3 amide bonds. The van der Waals surface area contributed by atoms with Crippen LogP contribution in [-0.2, 0) is 19.2 Å². The van der Waals surface area contributed by atoms with Crippen LogP contribution >= 0.6 is 0 Å². The second-order valence-corrected chi connectivity index (χ2v) is 8.99. The number of carboxylic acids is 1. The molecule has 2 aliphatic heterocycles. The lowest BCUT2D eigenvalue weighted by molar-refractivity contribution is -0.138. The van der Waals surface area contributed by atoms with E-state index in [1.165, 1.54) is 12.3 Å². The number of para-hydroxylation sites is 1. The van der Waals surface area contributed by atoms with Gasteiger partial charge in [-0.05, 0) is 6.07 Å². The van der Waals surface area contributed by atoms with Crippen LogP contribution in [0.3, 0.4) is 0 Å². The SMILES string of the molecule is O=C[C@H](CC(=O)O)NC(=O)CN1C(=O)C(NC(=O)c2cc3c(cn2)OCO3)N=C(c2ccccc2)c2ccccc21. The smallest absolute Gasteiger partial charge is 0.305 e. The number of hydrogen-bond donors (Lipinski definition) is 3. The highest BCUT2D eigenvalue weighted by atomic mass is 16.7. The first-order chi connectivity index (χ1) is 19.8. The average Bonchev–Trinajstić information content (AvgIpc) is 3.42. The number of anilines is 1. The quantitative estimate of drug-likeness (QED) is 0.323. The van der Waals surface area contributed by atoms with Crippen LogP contribution in [0.1, 0.15) is 28.0 Å². The lowest BCUT2D eigenvalue weighted by atomic mass is 10.0. The van der Waals surface area contributed by atoms with E-state index in [1.807, 2.05) is 6.07 Å². The minimum absolute atomic E-state index is 0.0133. The summed E-state index contributed by atoms with van der Waals surface area (Å²) in [6.07, 6.45) is -0.464. The van der Waals surface area contributed by atoms with Crippen molar-refractivity contribution in [3.8, 4) is 11.5 Å². The van der Waals surface area contributed by atoms with Gasteiger partial charge >= 0.3 is 5.97 Å². The Morgan fingerprint density at radius 3 is 2.56 bits per heavy atom. The molecule has 0 bridgehead atoms. The van der Waals surface area contributed by atoms with E-state index in [9.17, 15) is 24.0 Å². The van der Waals surface area contributed by atoms with Crippen molar-refractivity contribution in [2.75, 3.05) is 18.2 Å². The normalized spacial score (nSPS) is 16.1. The molecule has 13 heteroatoms. The number of benzodiazepines with no additional fused rings is 1. The molecule has 3 heterocycles. The van der Waals surface area contributed by atoms with Crippen LogP contribution in [0.25, 0.3) is 0 Å². The Bertz CT molecular complexity index is 1560. The second-order valence-electron chi connectivity index (χ2n) is 8.99. The summed E-state index contributed by atoms with van der Waals surface area (Å²) in [5.41, 5.74) is 1.83. The number of carboxylic acid groups (broad SMARTS) is 1. The summed E-state index contributed by atoms with van der Waals surface area (Å²) in [5.74, 6) is -2.83. The van der Waals surface area contributed by atoms with Crippen LogP contribution < -0.4 is 25.0 Å². The standard InChI is InChI=1S/C28H23N5O8/c34-14-17(10-24(36)37)30-23(35)13-33-20-9-5-4-8-18(20)25(16-6-2-1-3-7-16)31-26(28(33)39)32-27(38)19-11-21-22(12-29-19)41-15-40-21/h1-9,11-12,14,17,26H,10,13,15H2,(H,30,35)(H,32,38)(H,36,37)/t17-,26?/m0/s1. The monoisotopic (exact) mass is 557 g/mol. The molecule has 0 saturated carbocycles. The zero-order valence-electron chi connectivity index (χ0n) is 21.4. The van der Waals surface area contributed by atoms with Gasteiger partial charge in [0, 0.05) is 17.2 Å². The van der Waals surface area contributed by atoms with Crippen LogP contribution in [-0.4, -0.2) is 71.3 Å². The van der Waals surface area contributed by atoms with Gasteiger partial charge in [0.1, 0.15) is 18.5 Å². The van der Waals surface area contributed by atoms with Crippen molar-refractivity contribution in [3.63, 3.8) is 0 Å². The molecule has 41 heavy (non-hydrogen) atoms. The van der Waals surface area contributed by atoms with Gasteiger partial charge < -0.3 is 30.0 Å². The van der Waals surface area contributed by atoms with Crippen LogP contribution in [0.15, 0.2) is 71.9 Å². The Labute approximate surface area is 232 Å². The molecule has 0 radical (unpaired) electrons. The van der Waals surface area contributed by atoms with Crippen molar-refractivity contribution in [1.29, 1.82) is 0 Å². The third-order valence-corrected chi connectivity index (χ3v) is 6.22. The number of fused-ring (bicyclic) bond motifs is 2. The van der Waals surface area contributed by atoms with E-state index < -0.39 is 48.9 Å². The minimum Gasteiger partial charge on any atom is -0.481 e. The van der Waals surface area contributed by atoms with Crippen LogP contribution in [0, 0.1) is 0 Å². The largest absolute Gasteiger partial charge is 0.481 e. The first-order valence-corrected chi connectivity index (χ1v) is 12.4. The fraction of sp³-hybridized carbons (Fsp3) is 0.179. The van der Waals surface area contributed by atoms with E-state index in [1.54, 1.807) is 48.5 Å². The maximum atomic E-state index is 13.9. The first kappa shape index (κ1) is 27.0. The molecule has 0 saturated heterocycles. The molecular formula is C28H23N5O8. The maximum absolute atomic E-state index is 13.9. The van der Waals surface area contributed by atoms with E-state index >= 15 is 0 Å². The second kappa shape index (κ2) is 11.7. The molecule has 2 aromatic carbocycles. The minimum atomic E-state index is -1.48. The number of amides is 3. The molecule has 0 aliphatic carbocycles. The molecule has 1 unspecified atom stereocenters. The molecule has 5 rings (SSSR count). The molecule has 2 aliphatic rings. The lowest BCUT2D eigenvalue weighted by Crippen LogP contribution is -2.51. The summed E-state index contributed by atoms with van der Waals surface area (Å²) in [6.45, 7) is -0.591. The van der Waals surface area contributed by atoms with E-state index in [2.05, 4.69) is 20.6 Å². The number of aliphatic imine (C=N–C) groups is 1. The number of aliphatic carboxylic acids is 1. The topological polar surface area (TPSA) is 177 Å². The Balaban J connectivity index is 1.51. The number of aromatic nitrogens is 1. The van der Waals surface area contributed by atoms with E-state index in [0.29, 0.717) is 40.3 Å². The van der Waals surface area contributed by atoms with Gasteiger partial charge in [-0.25, -0.2) is 9.98 Å². The predicted molar refractivity (Wildman–Crippen MR) is 143 cm³/mol. The highest BCUT2D eigenvalue weighted by molar-refractivity contribution is 6.21. The van der Waals surface area contributed by atoms with Gasteiger partial charge in [0.2, 0.25) is 18.9 Å². The molecule has 2 atom stereocenters. The van der Waals surface area contributed by atoms with E-state index in [4.69, 9.17) is 14.6 Å². The Morgan fingerprint density at radius 1 is 1.07 bits per heavy atom. The molecule has 1 aromatic heterocycles. The van der Waals surface area contributed by atoms with Gasteiger partial charge in [-0.15, -0.1) is 0 Å². The third-order valence-electron chi connectivity index (χ3n) is 6.22. The summed E-state index contributed by atoms with van der Waals surface area (Å²) in [5, 5.41) is 13.9. The summed E-state index contributed by atoms with van der Waals surface area (Å²) in [7, 11) is 0. The van der Waals surface area contributed by atoms with Gasteiger partial charge in [-0.1, -0.05) is 48.5 Å². The molecule has 3 N–H and O–H groups in total. The summed E-state index contributed by atoms with van der Waals surface area (Å²) >= 11 is 0. The first-order valence-electron chi connectivity index (χ1n) is 12.4. The molecule has 0 fully saturated rings. The molecule has 13 nitrogen and oxygen atoms in total. The lowest BCUT2D eigenvalue weighted by Gasteiger charge is -2.25. The number of benzene rings is 2. The third kappa shape index (κ3) is 5.88. The van der Waals surface area contributed by atoms with Crippen molar-refractivity contribution < 1.29 is 38.6 Å². The van der Waals surface area contributed by atoms with Gasteiger partial charge in [-0.2, -0.15) is 0 Å². The number of carbonyl (C=O) groups excluding carboxylic acids is 4. The highest BCUT2D eigenvalue weighted by Crippen LogP contribution is 2.31. The number of carbonyl (C=O) groups is 5. The van der Waals surface area contributed by atoms with Gasteiger partial charge in [0.25, 0.3) is 11.8 Å². The Hall–Kier alpha value is -5.59. The Morgan fingerprint density at radius 2 is 1.80 bits per heavy atom. The number of nitrogens with one attached hydrogen (secondary N) is 2. The molecule has 3 aromatic rings. The Kier molecular flexibility index (Phi) is 7.67. The molecular weight excluding hydrogens is 534 g/mol. The van der Waals surface area contributed by atoms with Gasteiger partial charge in [-0.3, -0.25) is 24.1 Å². The fourth-order valence-electron chi connectivity index (χ4n) is 4.35. The van der Waals surface area contributed by atoms with E-state index in [0.717, 1.165) is 4.90 Å². The fourth-order valence-corrected chi connectivity index (χ4v) is 4.35. The average molecular weight is 558 g/mol. The van der Waals surface area contributed by atoms with Crippen molar-refractivity contribution >= 4 is 41.4 Å². The summed E-state index contributed by atoms with van der Waals surface area (Å²) < 4.78 is 10.5. The molecule has 208 valence electrons. The van der Waals surface area contributed by atoms with Crippen molar-refractivity contribution in [1.82, 2.24) is 15.6 Å². The van der Waals surface area contributed by atoms with E-state index in [-0.39, 0.29) is 12.5 Å². The van der Waals surface area contributed by atoms with Gasteiger partial charge in [0.05, 0.1) is 30.1 Å². The highest BCUT2D eigenvalue weighted by Gasteiger charge is 2.35. The number of nitrogens with zero attached hydrogens (tertiary/aromatic N) is 3. The number of ether oxygens (including phenoxy) is 2. The summed E-state index contributed by atoms with van der Waals surface area (Å²) in [6, 6.07) is 15.8. The van der Waals surface area contributed by atoms with Crippen LogP contribution in [0.4, 0.5) is 5.69 Å². The maximum Gasteiger partial charge on any atom is 0.305 e. The number of pyridine rings is 1. The van der Waals surface area contributed by atoms with Crippen molar-refractivity contribution in [3.05, 3.63) is 83.7 Å². The zero-order valence-corrected chi connectivity index (χ0v) is 21.4. The van der Waals surface area contributed by atoms with Crippen molar-refractivity contribution in [2.24, 2.45) is 4.99 Å². The summed E-state index contributed by atoms with van der Waals surface area (Å²) in [4.78, 5) is 72.2. The molecule has 0 spiro atoms. The zero-order chi connectivity index (χ0) is 28.9. The number of aldehydes is 1. The predicted octanol–water partition coefficient (Wildman–Crippen LogP) is 0.909. The number of hydrogen-bond acceptors (Lipinski definition) is 9.